The van der Waals surface area contributed by atoms with Crippen LogP contribution in [0.2, 0.25) is 0 Å². The van der Waals surface area contributed by atoms with Gasteiger partial charge in [-0.2, -0.15) is 0 Å². The van der Waals surface area contributed by atoms with Crippen molar-refractivity contribution in [2.45, 2.75) is 46.6 Å². The average molecular weight is 401 g/mol. The van der Waals surface area contributed by atoms with Crippen molar-refractivity contribution >= 4 is 0 Å². The van der Waals surface area contributed by atoms with Crippen LogP contribution in [0.1, 0.15) is 40.5 Å². The van der Waals surface area contributed by atoms with Gasteiger partial charge in [0.15, 0.2) is 0 Å². The summed E-state index contributed by atoms with van der Waals surface area (Å²) in [5.41, 5.74) is 9.81. The standard InChI is InChI=1S/C25H44N4/c1-9-17-23(27(6)10-2)18-13-14-19-24(28(7)11-3)20-15-16-21-25(22(5)26)29(8)12-4/h9,13-17,19,21-22H,1,10-12,18,20,26H2,2-8H3/b14-13-,16-15-,23-17+,24-19+,25-21+. The first kappa shape index (κ1) is 26.8. The predicted molar refractivity (Wildman–Crippen MR) is 131 cm³/mol. The van der Waals surface area contributed by atoms with Crippen LogP contribution in [0.4, 0.5) is 0 Å². The Morgan fingerprint density at radius 1 is 0.793 bits per heavy atom. The van der Waals surface area contributed by atoms with Gasteiger partial charge >= 0.3 is 0 Å². The van der Waals surface area contributed by atoms with Crippen LogP contribution in [-0.2, 0) is 0 Å². The molecule has 2 N–H and O–H groups in total. The average Bonchev–Trinajstić information content (AvgIpc) is 2.72. The monoisotopic (exact) mass is 400 g/mol. The highest BCUT2D eigenvalue weighted by Gasteiger charge is 2.06. The molecule has 4 heteroatoms. The molecule has 0 aromatic carbocycles. The minimum Gasteiger partial charge on any atom is -0.378 e. The summed E-state index contributed by atoms with van der Waals surface area (Å²) in [6.07, 6.45) is 18.7. The van der Waals surface area contributed by atoms with Crippen molar-refractivity contribution in [3.8, 4) is 0 Å². The molecule has 164 valence electrons. The van der Waals surface area contributed by atoms with Crippen molar-refractivity contribution in [3.63, 3.8) is 0 Å². The lowest BCUT2D eigenvalue weighted by Gasteiger charge is -2.23. The minimum atomic E-state index is 0.0277. The van der Waals surface area contributed by atoms with Crippen LogP contribution in [0.25, 0.3) is 0 Å². The molecule has 1 unspecified atom stereocenters. The van der Waals surface area contributed by atoms with Gasteiger partial charge in [0.1, 0.15) is 0 Å². The summed E-state index contributed by atoms with van der Waals surface area (Å²) in [5, 5.41) is 0. The molecule has 0 saturated carbocycles. The van der Waals surface area contributed by atoms with E-state index in [9.17, 15) is 0 Å². The summed E-state index contributed by atoms with van der Waals surface area (Å²) >= 11 is 0. The number of allylic oxidation sites excluding steroid dienone is 8. The summed E-state index contributed by atoms with van der Waals surface area (Å²) in [7, 11) is 6.32. The van der Waals surface area contributed by atoms with Crippen LogP contribution < -0.4 is 5.73 Å². The number of nitrogens with zero attached hydrogens (tertiary/aromatic N) is 3. The molecule has 0 heterocycles. The fourth-order valence-electron chi connectivity index (χ4n) is 2.78. The van der Waals surface area contributed by atoms with E-state index in [0.717, 1.165) is 38.2 Å². The van der Waals surface area contributed by atoms with E-state index in [1.165, 1.54) is 11.4 Å². The Labute approximate surface area is 180 Å². The van der Waals surface area contributed by atoms with E-state index in [-0.39, 0.29) is 6.04 Å². The number of nitrogens with two attached hydrogens (primary N) is 1. The molecule has 0 amide bonds. The third kappa shape index (κ3) is 10.8. The molecule has 4 nitrogen and oxygen atoms in total. The molecular weight excluding hydrogens is 356 g/mol. The normalized spacial score (nSPS) is 14.6. The number of likely N-dealkylation sites (N-methyl/N-ethyl adjacent to an activating group) is 1. The van der Waals surface area contributed by atoms with Gasteiger partial charge in [-0.25, -0.2) is 0 Å². The summed E-state index contributed by atoms with van der Waals surface area (Å²) in [6.45, 7) is 15.2. The molecule has 0 rings (SSSR count). The van der Waals surface area contributed by atoms with Crippen molar-refractivity contribution in [3.05, 3.63) is 72.3 Å². The van der Waals surface area contributed by atoms with Crippen LogP contribution in [-0.4, -0.2) is 61.5 Å². The van der Waals surface area contributed by atoms with Gasteiger partial charge in [0.2, 0.25) is 0 Å². The molecule has 0 bridgehead atoms. The molecule has 0 aliphatic carbocycles. The molecule has 1 atom stereocenters. The summed E-state index contributed by atoms with van der Waals surface area (Å²) in [4.78, 5) is 6.71. The third-order valence-electron chi connectivity index (χ3n) is 5.10. The molecular formula is C25H44N4. The molecule has 29 heavy (non-hydrogen) atoms. The Bertz CT molecular complexity index is 608. The Balaban J connectivity index is 5.18. The molecule has 0 aromatic heterocycles. The highest BCUT2D eigenvalue weighted by molar-refractivity contribution is 5.21. The van der Waals surface area contributed by atoms with Gasteiger partial charge in [0, 0.05) is 76.8 Å². The van der Waals surface area contributed by atoms with Gasteiger partial charge in [-0.05, 0) is 45.9 Å². The molecule has 0 fully saturated rings. The predicted octanol–water partition coefficient (Wildman–Crippen LogP) is 4.92. The van der Waals surface area contributed by atoms with Crippen molar-refractivity contribution in [1.29, 1.82) is 0 Å². The lowest BCUT2D eigenvalue weighted by Crippen LogP contribution is -2.30. The first-order valence-electron chi connectivity index (χ1n) is 10.7. The van der Waals surface area contributed by atoms with Crippen molar-refractivity contribution in [2.75, 3.05) is 40.8 Å². The Morgan fingerprint density at radius 2 is 1.24 bits per heavy atom. The quantitative estimate of drug-likeness (QED) is 0.420. The highest BCUT2D eigenvalue weighted by Crippen LogP contribution is 2.12. The van der Waals surface area contributed by atoms with Crippen molar-refractivity contribution in [2.24, 2.45) is 5.73 Å². The van der Waals surface area contributed by atoms with E-state index < -0.39 is 0 Å². The SMILES string of the molecule is C=C/C=C(\C/C=C\C=C(/C/C=C\C=C(/C(C)N)N(C)CC)N(C)CC)N(C)CC. The Kier molecular flexibility index (Phi) is 14.5. The maximum atomic E-state index is 6.10. The van der Waals surface area contributed by atoms with Crippen molar-refractivity contribution < 1.29 is 0 Å². The van der Waals surface area contributed by atoms with Crippen LogP contribution >= 0.6 is 0 Å². The van der Waals surface area contributed by atoms with Gasteiger partial charge in [0.05, 0.1) is 0 Å². The lowest BCUT2D eigenvalue weighted by atomic mass is 10.2. The second kappa shape index (κ2) is 15.7. The third-order valence-corrected chi connectivity index (χ3v) is 5.10. The highest BCUT2D eigenvalue weighted by atomic mass is 15.1. The molecule has 0 spiro atoms. The smallest absolute Gasteiger partial charge is 0.0417 e. The number of hydrogen-bond acceptors (Lipinski definition) is 4. The van der Waals surface area contributed by atoms with Gasteiger partial charge in [-0.15, -0.1) is 0 Å². The van der Waals surface area contributed by atoms with Gasteiger partial charge in [-0.1, -0.05) is 37.0 Å². The summed E-state index contributed by atoms with van der Waals surface area (Å²) < 4.78 is 0. The second-order valence-corrected chi connectivity index (χ2v) is 7.24. The zero-order valence-electron chi connectivity index (χ0n) is 19.9. The fraction of sp³-hybridized carbons (Fsp3) is 0.520. The van der Waals surface area contributed by atoms with Gasteiger partial charge in [0.25, 0.3) is 0 Å². The summed E-state index contributed by atoms with van der Waals surface area (Å²) in [6, 6.07) is 0.0277. The summed E-state index contributed by atoms with van der Waals surface area (Å²) in [5.74, 6) is 0. The maximum absolute atomic E-state index is 6.10. The molecule has 0 radical (unpaired) electrons. The number of hydrogen-bond donors (Lipinski definition) is 1. The van der Waals surface area contributed by atoms with E-state index >= 15 is 0 Å². The lowest BCUT2D eigenvalue weighted by molar-refractivity contribution is 0.412. The van der Waals surface area contributed by atoms with E-state index in [1.807, 2.05) is 13.0 Å². The van der Waals surface area contributed by atoms with E-state index in [1.54, 1.807) is 0 Å². The maximum Gasteiger partial charge on any atom is 0.0417 e. The molecule has 0 aliphatic heterocycles. The van der Waals surface area contributed by atoms with E-state index in [2.05, 4.69) is 106 Å². The zero-order chi connectivity index (χ0) is 22.2. The van der Waals surface area contributed by atoms with Crippen LogP contribution in [0.5, 0.6) is 0 Å². The van der Waals surface area contributed by atoms with Gasteiger partial charge in [-0.3, -0.25) is 0 Å². The minimum absolute atomic E-state index is 0.0277. The Hall–Kier alpha value is -2.20. The number of rotatable bonds is 14. The largest absolute Gasteiger partial charge is 0.378 e. The van der Waals surface area contributed by atoms with Crippen LogP contribution in [0.3, 0.4) is 0 Å². The second-order valence-electron chi connectivity index (χ2n) is 7.24. The molecule has 0 saturated heterocycles. The topological polar surface area (TPSA) is 35.7 Å². The Morgan fingerprint density at radius 3 is 1.66 bits per heavy atom. The van der Waals surface area contributed by atoms with Crippen LogP contribution in [0, 0.1) is 0 Å². The van der Waals surface area contributed by atoms with Crippen molar-refractivity contribution in [1.82, 2.24) is 14.7 Å². The first-order valence-corrected chi connectivity index (χ1v) is 10.7. The fourth-order valence-corrected chi connectivity index (χ4v) is 2.78. The zero-order valence-corrected chi connectivity index (χ0v) is 19.9. The van der Waals surface area contributed by atoms with Crippen LogP contribution in [0.15, 0.2) is 72.3 Å². The molecule has 0 aliphatic rings. The van der Waals surface area contributed by atoms with Gasteiger partial charge < -0.3 is 20.4 Å². The molecule has 0 aromatic rings. The van der Waals surface area contributed by atoms with E-state index in [0.29, 0.717) is 0 Å². The first-order chi connectivity index (χ1) is 13.8. The van der Waals surface area contributed by atoms with E-state index in [4.69, 9.17) is 5.73 Å².